The second-order valence-corrected chi connectivity index (χ2v) is 9.56. The summed E-state index contributed by atoms with van der Waals surface area (Å²) in [5.41, 5.74) is -3.00. The molecule has 0 bridgehead atoms. The van der Waals surface area contributed by atoms with Crippen molar-refractivity contribution in [2.45, 2.75) is 32.1 Å². The molecule has 190 valence electrons. The quantitative estimate of drug-likeness (QED) is 0.366. The number of aromatic hydroxyl groups is 1. The standard InChI is InChI=1S/C15H32N2O.C6H3N3O7/c1-16(8-6-4-3-5-7-9-16)10-11-17(2)12-14-18-15-13-17;10-6-4(8(13)14)1-3(7(11)12)2-5(6)9(15)16/h3-15H2,1-2H3;1-2,10H/q+2;. The zero-order chi connectivity index (χ0) is 25.4. The van der Waals surface area contributed by atoms with Crippen LogP contribution in [0.3, 0.4) is 0 Å². The molecule has 0 amide bonds. The molecule has 34 heavy (non-hydrogen) atoms. The molecular formula is C21H35N5O8+2. The van der Waals surface area contributed by atoms with Gasteiger partial charge in [0.25, 0.3) is 11.4 Å². The highest BCUT2D eigenvalue weighted by molar-refractivity contribution is 5.64. The van der Waals surface area contributed by atoms with Gasteiger partial charge in [0, 0.05) is 0 Å². The van der Waals surface area contributed by atoms with E-state index in [2.05, 4.69) is 14.1 Å². The van der Waals surface area contributed by atoms with Crippen LogP contribution >= 0.6 is 0 Å². The van der Waals surface area contributed by atoms with E-state index < -0.39 is 37.6 Å². The normalized spacial score (nSPS) is 19.6. The molecule has 13 nitrogen and oxygen atoms in total. The summed E-state index contributed by atoms with van der Waals surface area (Å²) >= 11 is 0. The zero-order valence-corrected chi connectivity index (χ0v) is 19.9. The highest BCUT2D eigenvalue weighted by atomic mass is 16.6. The molecule has 0 unspecified atom stereocenters. The first-order valence-corrected chi connectivity index (χ1v) is 11.5. The molecule has 13 heteroatoms. The van der Waals surface area contributed by atoms with Crippen LogP contribution in [0.1, 0.15) is 32.1 Å². The van der Waals surface area contributed by atoms with Gasteiger partial charge in [-0.3, -0.25) is 30.3 Å². The summed E-state index contributed by atoms with van der Waals surface area (Å²) in [4.78, 5) is 27.8. The van der Waals surface area contributed by atoms with Gasteiger partial charge in [-0.15, -0.1) is 0 Å². The first kappa shape index (κ1) is 27.3. The lowest BCUT2D eigenvalue weighted by Crippen LogP contribution is -2.58. The number of likely N-dealkylation sites (tertiary alicyclic amines) is 1. The van der Waals surface area contributed by atoms with Gasteiger partial charge in [0.2, 0.25) is 0 Å². The molecule has 1 aromatic rings. The van der Waals surface area contributed by atoms with Gasteiger partial charge in [-0.2, -0.15) is 0 Å². The van der Waals surface area contributed by atoms with Crippen LogP contribution in [0.25, 0.3) is 0 Å². The molecule has 1 N–H and O–H groups in total. The van der Waals surface area contributed by atoms with E-state index in [4.69, 9.17) is 9.84 Å². The number of ether oxygens (including phenoxy) is 1. The summed E-state index contributed by atoms with van der Waals surface area (Å²) in [6.45, 7) is 9.82. The number of non-ortho nitro benzene ring substituents is 1. The summed E-state index contributed by atoms with van der Waals surface area (Å²) < 4.78 is 8.04. The second kappa shape index (κ2) is 12.0. The number of nitro groups is 3. The van der Waals surface area contributed by atoms with E-state index in [9.17, 15) is 30.3 Å². The van der Waals surface area contributed by atoms with E-state index in [0.717, 1.165) is 13.2 Å². The number of likely N-dealkylation sites (N-methyl/N-ethyl adjacent to an activating group) is 2. The molecule has 0 aliphatic carbocycles. The van der Waals surface area contributed by atoms with Crippen molar-refractivity contribution >= 4 is 17.1 Å². The van der Waals surface area contributed by atoms with Gasteiger partial charge in [0.1, 0.15) is 26.2 Å². The Hall–Kier alpha value is -2.90. The minimum absolute atomic E-state index is 0.447. The lowest BCUT2D eigenvalue weighted by Gasteiger charge is -2.42. The number of hydrogen-bond donors (Lipinski definition) is 1. The van der Waals surface area contributed by atoms with Crippen molar-refractivity contribution < 1.29 is 33.6 Å². The number of benzene rings is 1. The summed E-state index contributed by atoms with van der Waals surface area (Å²) in [5.74, 6) is -1.21. The van der Waals surface area contributed by atoms with Gasteiger partial charge >= 0.3 is 11.4 Å². The lowest BCUT2D eigenvalue weighted by atomic mass is 10.1. The first-order valence-electron chi connectivity index (χ1n) is 11.5. The maximum atomic E-state index is 10.4. The van der Waals surface area contributed by atoms with Crippen LogP contribution < -0.4 is 0 Å². The predicted octanol–water partition coefficient (Wildman–Crippen LogP) is 2.99. The molecule has 2 fully saturated rings. The maximum Gasteiger partial charge on any atom is 0.324 e. The molecule has 0 spiro atoms. The third kappa shape index (κ3) is 7.85. The van der Waals surface area contributed by atoms with Gasteiger partial charge in [-0.05, 0) is 25.7 Å². The van der Waals surface area contributed by atoms with Gasteiger partial charge in [-0.25, -0.2) is 0 Å². The third-order valence-corrected chi connectivity index (χ3v) is 6.79. The maximum absolute atomic E-state index is 10.4. The van der Waals surface area contributed by atoms with Gasteiger partial charge in [0.15, 0.2) is 0 Å². The predicted molar refractivity (Wildman–Crippen MR) is 124 cm³/mol. The van der Waals surface area contributed by atoms with Gasteiger partial charge in [0.05, 0.1) is 67.3 Å². The Bertz CT molecular complexity index is 845. The summed E-state index contributed by atoms with van der Waals surface area (Å²) in [7, 11) is 4.90. The van der Waals surface area contributed by atoms with E-state index in [0.29, 0.717) is 12.1 Å². The minimum Gasteiger partial charge on any atom is -0.497 e. The molecule has 2 aliphatic rings. The highest BCUT2D eigenvalue weighted by Gasteiger charge is 2.31. The average Bonchev–Trinajstić information content (AvgIpc) is 2.76. The van der Waals surface area contributed by atoms with Crippen LogP contribution in [0.15, 0.2) is 12.1 Å². The first-order chi connectivity index (χ1) is 16.0. The van der Waals surface area contributed by atoms with Crippen LogP contribution in [-0.2, 0) is 4.74 Å². The van der Waals surface area contributed by atoms with Crippen LogP contribution in [0, 0.1) is 30.3 Å². The van der Waals surface area contributed by atoms with Crippen molar-refractivity contribution in [3.63, 3.8) is 0 Å². The molecule has 0 atom stereocenters. The van der Waals surface area contributed by atoms with Crippen LogP contribution in [-0.4, -0.2) is 95.4 Å². The Morgan fingerprint density at radius 3 is 1.59 bits per heavy atom. The summed E-state index contributed by atoms with van der Waals surface area (Å²) in [6.07, 6.45) is 7.24. The molecule has 1 aromatic carbocycles. The molecule has 2 aliphatic heterocycles. The molecule has 0 saturated carbocycles. The number of rotatable bonds is 6. The van der Waals surface area contributed by atoms with Crippen molar-refractivity contribution in [3.05, 3.63) is 42.5 Å². The third-order valence-electron chi connectivity index (χ3n) is 6.79. The number of nitrogens with zero attached hydrogens (tertiary/aromatic N) is 5. The van der Waals surface area contributed by atoms with Crippen molar-refractivity contribution in [3.8, 4) is 5.75 Å². The zero-order valence-electron chi connectivity index (χ0n) is 19.9. The SMILES string of the molecule is C[N+]1(CC[N+]2(C)CCOCC2)CCCCCCC1.O=[N+]([O-])c1cc([N+](=O)[O-])c(O)c([N+](=O)[O-])c1. The van der Waals surface area contributed by atoms with E-state index in [1.54, 1.807) is 0 Å². The summed E-state index contributed by atoms with van der Waals surface area (Å²) in [6, 6.07) is 0.894. The number of morpholine rings is 1. The molecule has 2 heterocycles. The Labute approximate surface area is 198 Å². The molecule has 3 rings (SSSR count). The van der Waals surface area contributed by atoms with Crippen molar-refractivity contribution in [1.29, 1.82) is 0 Å². The number of hydrogen-bond acceptors (Lipinski definition) is 8. The van der Waals surface area contributed by atoms with Crippen molar-refractivity contribution in [1.82, 2.24) is 0 Å². The van der Waals surface area contributed by atoms with E-state index in [-0.39, 0.29) is 0 Å². The molecule has 0 radical (unpaired) electrons. The smallest absolute Gasteiger partial charge is 0.324 e. The Morgan fingerprint density at radius 1 is 0.765 bits per heavy atom. The number of quaternary nitrogens is 2. The topological polar surface area (TPSA) is 159 Å². The van der Waals surface area contributed by atoms with Crippen molar-refractivity contribution in [2.24, 2.45) is 0 Å². The molecule has 0 aromatic heterocycles. The molecule has 2 saturated heterocycles. The minimum atomic E-state index is -1.21. The van der Waals surface area contributed by atoms with E-state index >= 15 is 0 Å². The van der Waals surface area contributed by atoms with Crippen molar-refractivity contribution in [2.75, 3.05) is 66.6 Å². The lowest BCUT2D eigenvalue weighted by molar-refractivity contribution is -0.967. The fourth-order valence-corrected chi connectivity index (χ4v) is 4.32. The molecular weight excluding hydrogens is 450 g/mol. The van der Waals surface area contributed by atoms with Gasteiger partial charge in [-0.1, -0.05) is 6.42 Å². The van der Waals surface area contributed by atoms with Crippen LogP contribution in [0.2, 0.25) is 0 Å². The highest BCUT2D eigenvalue weighted by Crippen LogP contribution is 2.38. The fourth-order valence-electron chi connectivity index (χ4n) is 4.32. The van der Waals surface area contributed by atoms with Crippen LogP contribution in [0.4, 0.5) is 17.1 Å². The second-order valence-electron chi connectivity index (χ2n) is 9.56. The Kier molecular flexibility index (Phi) is 9.65. The Balaban J connectivity index is 0.000000242. The number of phenols is 1. The average molecular weight is 486 g/mol. The number of nitro benzene ring substituents is 3. The van der Waals surface area contributed by atoms with E-state index in [1.165, 1.54) is 80.3 Å². The Morgan fingerprint density at radius 2 is 1.18 bits per heavy atom. The monoisotopic (exact) mass is 485 g/mol. The fraction of sp³-hybridized carbons (Fsp3) is 0.714. The van der Waals surface area contributed by atoms with E-state index in [1.807, 2.05) is 0 Å². The van der Waals surface area contributed by atoms with Gasteiger partial charge < -0.3 is 18.8 Å². The number of phenolic OH excluding ortho intramolecular Hbond substituents is 1. The van der Waals surface area contributed by atoms with Crippen LogP contribution in [0.5, 0.6) is 5.75 Å². The largest absolute Gasteiger partial charge is 0.497 e. The summed E-state index contributed by atoms with van der Waals surface area (Å²) in [5, 5.41) is 40.2.